The largest absolute Gasteiger partial charge is 0.345 e. The quantitative estimate of drug-likeness (QED) is 0.646. The Balaban J connectivity index is 1.70. The molecule has 1 aliphatic rings. The Hall–Kier alpha value is -3.19. The number of nitrogens with one attached hydrogen (secondary N) is 1. The number of urea groups is 1. The fourth-order valence-corrected chi connectivity index (χ4v) is 3.80. The summed E-state index contributed by atoms with van der Waals surface area (Å²) in [6.07, 6.45) is 1.95. The maximum Gasteiger partial charge on any atom is 0.325 e. The van der Waals surface area contributed by atoms with E-state index in [9.17, 15) is 14.4 Å². The molecule has 0 bridgehead atoms. The third kappa shape index (κ3) is 6.17. The van der Waals surface area contributed by atoms with Crippen molar-refractivity contribution >= 4 is 23.9 Å². The zero-order valence-electron chi connectivity index (χ0n) is 18.8. The van der Waals surface area contributed by atoms with Crippen LogP contribution in [0.1, 0.15) is 18.9 Å². The lowest BCUT2D eigenvalue weighted by Crippen LogP contribution is -2.57. The van der Waals surface area contributed by atoms with Gasteiger partial charge in [-0.25, -0.2) is 4.79 Å². The van der Waals surface area contributed by atoms with E-state index >= 15 is 0 Å². The summed E-state index contributed by atoms with van der Waals surface area (Å²) in [6.45, 7) is 4.51. The molecule has 1 saturated heterocycles. The van der Waals surface area contributed by atoms with Crippen molar-refractivity contribution in [3.8, 4) is 0 Å². The van der Waals surface area contributed by atoms with Crippen molar-refractivity contribution in [3.63, 3.8) is 0 Å². The van der Waals surface area contributed by atoms with E-state index in [1.807, 2.05) is 67.7 Å². The molecule has 2 atom stereocenters. The third-order valence-corrected chi connectivity index (χ3v) is 5.86. The molecule has 7 nitrogen and oxygen atoms in total. The second-order valence-corrected chi connectivity index (χ2v) is 8.23. The Morgan fingerprint density at radius 2 is 1.59 bits per heavy atom. The summed E-state index contributed by atoms with van der Waals surface area (Å²) in [4.78, 5) is 43.6. The van der Waals surface area contributed by atoms with E-state index in [1.165, 1.54) is 4.90 Å². The molecule has 0 aliphatic carbocycles. The van der Waals surface area contributed by atoms with Gasteiger partial charge in [-0.15, -0.1) is 0 Å². The van der Waals surface area contributed by atoms with E-state index in [0.717, 1.165) is 24.9 Å². The fourth-order valence-electron chi connectivity index (χ4n) is 3.80. The fraction of sp³-hybridized carbons (Fsp3) is 0.400. The number of aldehydes is 1. The van der Waals surface area contributed by atoms with Crippen LogP contribution in [0.4, 0.5) is 10.5 Å². The van der Waals surface area contributed by atoms with E-state index in [4.69, 9.17) is 0 Å². The summed E-state index contributed by atoms with van der Waals surface area (Å²) in [5.74, 6) is -0.346. The maximum atomic E-state index is 13.4. The zero-order valence-corrected chi connectivity index (χ0v) is 18.8. The van der Waals surface area contributed by atoms with Crippen molar-refractivity contribution in [3.05, 3.63) is 66.2 Å². The van der Waals surface area contributed by atoms with Crippen molar-refractivity contribution in [1.29, 1.82) is 0 Å². The Bertz CT molecular complexity index is 883. The van der Waals surface area contributed by atoms with Gasteiger partial charge in [0.1, 0.15) is 12.3 Å². The zero-order chi connectivity index (χ0) is 22.9. The second kappa shape index (κ2) is 11.4. The molecule has 2 aromatic carbocycles. The van der Waals surface area contributed by atoms with Gasteiger partial charge in [0, 0.05) is 31.9 Å². The summed E-state index contributed by atoms with van der Waals surface area (Å²) in [5, 5.41) is 2.82. The number of nitrogens with zero attached hydrogens (tertiary/aromatic N) is 3. The highest BCUT2D eigenvalue weighted by molar-refractivity contribution is 6.00. The highest BCUT2D eigenvalue weighted by Gasteiger charge is 2.32. The minimum Gasteiger partial charge on any atom is -0.345 e. The van der Waals surface area contributed by atoms with Gasteiger partial charge in [0.2, 0.25) is 5.91 Å². The lowest BCUT2D eigenvalue weighted by atomic mass is 10.1. The van der Waals surface area contributed by atoms with Crippen molar-refractivity contribution in [2.24, 2.45) is 0 Å². The molecular formula is C25H32N4O3. The normalized spacial score (nSPS) is 16.1. The van der Waals surface area contributed by atoms with Gasteiger partial charge < -0.3 is 19.9 Å². The van der Waals surface area contributed by atoms with Gasteiger partial charge in [0.25, 0.3) is 0 Å². The van der Waals surface area contributed by atoms with Gasteiger partial charge in [-0.1, -0.05) is 48.5 Å². The molecule has 0 unspecified atom stereocenters. The second-order valence-electron chi connectivity index (χ2n) is 8.23. The number of benzene rings is 2. The van der Waals surface area contributed by atoms with E-state index in [-0.39, 0.29) is 11.9 Å². The number of hydrogen-bond donors (Lipinski definition) is 1. The van der Waals surface area contributed by atoms with E-state index in [2.05, 4.69) is 10.2 Å². The van der Waals surface area contributed by atoms with Crippen molar-refractivity contribution in [2.75, 3.05) is 38.1 Å². The van der Waals surface area contributed by atoms with Crippen molar-refractivity contribution in [2.45, 2.75) is 31.8 Å². The van der Waals surface area contributed by atoms with Crippen LogP contribution in [0, 0.1) is 0 Å². The monoisotopic (exact) mass is 436 g/mol. The van der Waals surface area contributed by atoms with Crippen LogP contribution in [0.2, 0.25) is 0 Å². The first-order valence-electron chi connectivity index (χ1n) is 11.1. The molecule has 0 spiro atoms. The lowest BCUT2D eigenvalue weighted by molar-refractivity contribution is -0.124. The standard InChI is InChI=1S/C25H32N4O3/c1-20(24(31)26-22(19-30)14-13-21-9-5-3-6-10-21)29(23-11-7-4-8-12-23)25(32)28-17-15-27(2)16-18-28/h3-12,19-20,22H,13-18H2,1-2H3,(H,26,31)/t20-,22-/m0/s1. The van der Waals surface area contributed by atoms with Crippen LogP contribution >= 0.6 is 0 Å². The van der Waals surface area contributed by atoms with Crippen LogP contribution in [0.3, 0.4) is 0 Å². The minimum absolute atomic E-state index is 0.195. The molecule has 3 amide bonds. The van der Waals surface area contributed by atoms with Crippen LogP contribution in [0.5, 0.6) is 0 Å². The number of piperazine rings is 1. The van der Waals surface area contributed by atoms with Gasteiger partial charge in [-0.3, -0.25) is 9.69 Å². The van der Waals surface area contributed by atoms with E-state index in [0.29, 0.717) is 31.6 Å². The smallest absolute Gasteiger partial charge is 0.325 e. The number of aryl methyl sites for hydroxylation is 1. The number of rotatable bonds is 8. The number of anilines is 1. The summed E-state index contributed by atoms with van der Waals surface area (Å²) in [6, 6.07) is 17.5. The van der Waals surface area contributed by atoms with Gasteiger partial charge in [-0.2, -0.15) is 0 Å². The average molecular weight is 437 g/mol. The van der Waals surface area contributed by atoms with Crippen LogP contribution in [0.15, 0.2) is 60.7 Å². The van der Waals surface area contributed by atoms with Crippen LogP contribution in [0.25, 0.3) is 0 Å². The highest BCUT2D eigenvalue weighted by atomic mass is 16.2. The number of carbonyl (C=O) groups is 3. The average Bonchev–Trinajstić information content (AvgIpc) is 2.83. The first-order valence-corrected chi connectivity index (χ1v) is 11.1. The molecule has 1 fully saturated rings. The Morgan fingerprint density at radius 3 is 2.19 bits per heavy atom. The van der Waals surface area contributed by atoms with Crippen LogP contribution in [-0.2, 0) is 16.0 Å². The topological polar surface area (TPSA) is 73.0 Å². The number of amides is 3. The molecule has 1 heterocycles. The predicted molar refractivity (Wildman–Crippen MR) is 126 cm³/mol. The molecule has 0 radical (unpaired) electrons. The van der Waals surface area contributed by atoms with Gasteiger partial charge in [-0.05, 0) is 44.5 Å². The molecular weight excluding hydrogens is 404 g/mol. The van der Waals surface area contributed by atoms with Crippen LogP contribution < -0.4 is 10.2 Å². The molecule has 7 heteroatoms. The van der Waals surface area contributed by atoms with Crippen molar-refractivity contribution in [1.82, 2.24) is 15.1 Å². The van der Waals surface area contributed by atoms with Gasteiger partial charge in [0.05, 0.1) is 6.04 Å². The Kier molecular flexibility index (Phi) is 8.39. The highest BCUT2D eigenvalue weighted by Crippen LogP contribution is 2.20. The Morgan fingerprint density at radius 1 is 1.00 bits per heavy atom. The first kappa shape index (κ1) is 23.5. The lowest BCUT2D eigenvalue weighted by Gasteiger charge is -2.38. The SMILES string of the molecule is C[C@@H](C(=O)N[C@H](C=O)CCc1ccccc1)N(C(=O)N1CCN(C)CC1)c1ccccc1. The maximum absolute atomic E-state index is 13.4. The first-order chi connectivity index (χ1) is 15.5. The summed E-state index contributed by atoms with van der Waals surface area (Å²) >= 11 is 0. The number of likely N-dealkylation sites (N-methyl/N-ethyl adjacent to an activating group) is 1. The summed E-state index contributed by atoms with van der Waals surface area (Å²) < 4.78 is 0. The van der Waals surface area contributed by atoms with E-state index in [1.54, 1.807) is 11.8 Å². The number of hydrogen-bond acceptors (Lipinski definition) is 4. The third-order valence-electron chi connectivity index (χ3n) is 5.86. The molecule has 2 aromatic rings. The van der Waals surface area contributed by atoms with Gasteiger partial charge in [0.15, 0.2) is 0 Å². The van der Waals surface area contributed by atoms with E-state index < -0.39 is 12.1 Å². The summed E-state index contributed by atoms with van der Waals surface area (Å²) in [7, 11) is 2.03. The molecule has 1 aliphatic heterocycles. The minimum atomic E-state index is -0.760. The molecule has 32 heavy (non-hydrogen) atoms. The Labute approximate surface area is 190 Å². The van der Waals surface area contributed by atoms with Crippen LogP contribution in [-0.4, -0.2) is 73.3 Å². The molecule has 0 saturated carbocycles. The summed E-state index contributed by atoms with van der Waals surface area (Å²) in [5.41, 5.74) is 1.77. The number of carbonyl (C=O) groups excluding carboxylic acids is 3. The molecule has 3 rings (SSSR count). The number of para-hydroxylation sites is 1. The molecule has 1 N–H and O–H groups in total. The van der Waals surface area contributed by atoms with Crippen molar-refractivity contribution < 1.29 is 14.4 Å². The van der Waals surface area contributed by atoms with Gasteiger partial charge >= 0.3 is 6.03 Å². The molecule has 0 aromatic heterocycles. The predicted octanol–water partition coefficient (Wildman–Crippen LogP) is 2.57. The molecule has 170 valence electrons.